The fraction of sp³-hybridized carbons (Fsp3) is 0.583. The SMILES string of the molecule is CCOC(=O)[C@@H]1OC(C)(C)O[C@H]1c1ccc(Cl)s1. The maximum absolute atomic E-state index is 11.9. The molecule has 0 N–H and O–H groups in total. The monoisotopic (exact) mass is 290 g/mol. The second-order valence-electron chi connectivity index (χ2n) is 4.37. The molecular weight excluding hydrogens is 276 g/mol. The molecule has 2 atom stereocenters. The third kappa shape index (κ3) is 2.85. The normalized spacial score (nSPS) is 26.2. The summed E-state index contributed by atoms with van der Waals surface area (Å²) in [4.78, 5) is 12.7. The van der Waals surface area contributed by atoms with Gasteiger partial charge >= 0.3 is 5.97 Å². The topological polar surface area (TPSA) is 44.8 Å². The molecule has 6 heteroatoms. The Balaban J connectivity index is 2.23. The number of thiophene rings is 1. The Kier molecular flexibility index (Phi) is 3.96. The van der Waals surface area contributed by atoms with Crippen molar-refractivity contribution in [2.24, 2.45) is 0 Å². The number of ether oxygens (including phenoxy) is 3. The van der Waals surface area contributed by atoms with Crippen LogP contribution in [-0.4, -0.2) is 24.5 Å². The van der Waals surface area contributed by atoms with Gasteiger partial charge in [-0.2, -0.15) is 0 Å². The summed E-state index contributed by atoms with van der Waals surface area (Å²) in [7, 11) is 0. The summed E-state index contributed by atoms with van der Waals surface area (Å²) in [5.41, 5.74) is 0. The van der Waals surface area contributed by atoms with Gasteiger partial charge in [-0.05, 0) is 32.9 Å². The molecule has 0 bridgehead atoms. The lowest BCUT2D eigenvalue weighted by atomic mass is 10.2. The number of esters is 1. The lowest BCUT2D eigenvalue weighted by molar-refractivity contribution is -0.170. The lowest BCUT2D eigenvalue weighted by Crippen LogP contribution is -2.29. The van der Waals surface area contributed by atoms with Crippen LogP contribution in [-0.2, 0) is 19.0 Å². The Bertz CT molecular complexity index is 443. The van der Waals surface area contributed by atoms with Crippen LogP contribution < -0.4 is 0 Å². The maximum Gasteiger partial charge on any atom is 0.338 e. The van der Waals surface area contributed by atoms with Crippen LogP contribution in [0.4, 0.5) is 0 Å². The molecule has 0 unspecified atom stereocenters. The van der Waals surface area contributed by atoms with Gasteiger partial charge in [0.1, 0.15) is 6.10 Å². The Morgan fingerprint density at radius 1 is 1.50 bits per heavy atom. The molecule has 1 aliphatic rings. The average molecular weight is 291 g/mol. The molecule has 0 amide bonds. The molecule has 1 aromatic rings. The number of hydrogen-bond donors (Lipinski definition) is 0. The maximum atomic E-state index is 11.9. The van der Waals surface area contributed by atoms with Crippen LogP contribution >= 0.6 is 22.9 Å². The number of rotatable bonds is 3. The van der Waals surface area contributed by atoms with Gasteiger partial charge in [-0.25, -0.2) is 4.79 Å². The van der Waals surface area contributed by atoms with Gasteiger partial charge in [0.05, 0.1) is 10.9 Å². The summed E-state index contributed by atoms with van der Waals surface area (Å²) >= 11 is 7.28. The van der Waals surface area contributed by atoms with Crippen molar-refractivity contribution in [3.63, 3.8) is 0 Å². The highest BCUT2D eigenvalue weighted by Gasteiger charge is 2.47. The van der Waals surface area contributed by atoms with Crippen molar-refractivity contribution in [3.8, 4) is 0 Å². The van der Waals surface area contributed by atoms with E-state index < -0.39 is 24.0 Å². The van der Waals surface area contributed by atoms with Crippen molar-refractivity contribution in [3.05, 3.63) is 21.3 Å². The molecule has 1 fully saturated rings. The summed E-state index contributed by atoms with van der Waals surface area (Å²) in [6.45, 7) is 5.62. The zero-order valence-electron chi connectivity index (χ0n) is 10.4. The van der Waals surface area contributed by atoms with E-state index in [0.29, 0.717) is 10.9 Å². The van der Waals surface area contributed by atoms with Gasteiger partial charge < -0.3 is 14.2 Å². The van der Waals surface area contributed by atoms with E-state index in [2.05, 4.69) is 0 Å². The van der Waals surface area contributed by atoms with E-state index in [-0.39, 0.29) is 0 Å². The van der Waals surface area contributed by atoms with Gasteiger partial charge in [0.2, 0.25) is 0 Å². The van der Waals surface area contributed by atoms with Gasteiger partial charge in [0, 0.05) is 4.88 Å². The Morgan fingerprint density at radius 2 is 2.22 bits per heavy atom. The summed E-state index contributed by atoms with van der Waals surface area (Å²) < 4.78 is 17.0. The zero-order valence-corrected chi connectivity index (χ0v) is 12.0. The summed E-state index contributed by atoms with van der Waals surface area (Å²) in [6.07, 6.45) is -1.20. The average Bonchev–Trinajstić information content (AvgIpc) is 2.82. The van der Waals surface area contributed by atoms with E-state index in [9.17, 15) is 4.79 Å². The Hall–Kier alpha value is -0.620. The number of carbonyl (C=O) groups is 1. The van der Waals surface area contributed by atoms with E-state index in [1.807, 2.05) is 6.07 Å². The largest absolute Gasteiger partial charge is 0.464 e. The van der Waals surface area contributed by atoms with E-state index in [4.69, 9.17) is 25.8 Å². The lowest BCUT2D eigenvalue weighted by Gasteiger charge is -2.16. The minimum atomic E-state index is -0.807. The minimum Gasteiger partial charge on any atom is -0.464 e. The molecule has 1 aromatic heterocycles. The molecule has 1 aliphatic heterocycles. The smallest absolute Gasteiger partial charge is 0.338 e. The van der Waals surface area contributed by atoms with Crippen LogP contribution in [0.1, 0.15) is 31.8 Å². The van der Waals surface area contributed by atoms with E-state index in [1.165, 1.54) is 11.3 Å². The minimum absolute atomic E-state index is 0.317. The van der Waals surface area contributed by atoms with Crippen molar-refractivity contribution in [2.45, 2.75) is 38.8 Å². The van der Waals surface area contributed by atoms with Crippen molar-refractivity contribution >= 4 is 28.9 Å². The molecule has 2 rings (SSSR count). The Morgan fingerprint density at radius 3 is 2.78 bits per heavy atom. The molecular formula is C12H15ClO4S. The number of halogens is 1. The molecule has 1 saturated heterocycles. The molecule has 0 aliphatic carbocycles. The standard InChI is InChI=1S/C12H15ClO4S/c1-4-15-11(14)10-9(16-12(2,3)17-10)7-5-6-8(13)18-7/h5-6,9-10H,4H2,1-3H3/t9-,10+/m0/s1. The number of hydrogen-bond acceptors (Lipinski definition) is 5. The van der Waals surface area contributed by atoms with Crippen LogP contribution in [0.5, 0.6) is 0 Å². The van der Waals surface area contributed by atoms with E-state index in [0.717, 1.165) is 4.88 Å². The van der Waals surface area contributed by atoms with E-state index in [1.54, 1.807) is 26.8 Å². The number of carbonyl (C=O) groups excluding carboxylic acids is 1. The van der Waals surface area contributed by atoms with Gasteiger partial charge in [-0.15, -0.1) is 11.3 Å². The second kappa shape index (κ2) is 5.17. The second-order valence-corrected chi connectivity index (χ2v) is 6.12. The highest BCUT2D eigenvalue weighted by Crippen LogP contribution is 2.41. The summed E-state index contributed by atoms with van der Waals surface area (Å²) in [5.74, 6) is -1.21. The summed E-state index contributed by atoms with van der Waals surface area (Å²) in [5, 5.41) is 0. The predicted octanol–water partition coefficient (Wildman–Crippen LogP) is 3.16. The molecule has 100 valence electrons. The van der Waals surface area contributed by atoms with Crippen molar-refractivity contribution in [2.75, 3.05) is 6.61 Å². The Labute approximate surface area is 115 Å². The van der Waals surface area contributed by atoms with Crippen LogP contribution in [0.15, 0.2) is 12.1 Å². The van der Waals surface area contributed by atoms with Crippen molar-refractivity contribution in [1.29, 1.82) is 0 Å². The fourth-order valence-electron chi connectivity index (χ4n) is 1.85. The first-order valence-electron chi connectivity index (χ1n) is 5.70. The highest BCUT2D eigenvalue weighted by molar-refractivity contribution is 7.16. The van der Waals surface area contributed by atoms with Gasteiger partial charge in [-0.3, -0.25) is 0 Å². The van der Waals surface area contributed by atoms with Gasteiger partial charge in [-0.1, -0.05) is 11.6 Å². The first-order valence-corrected chi connectivity index (χ1v) is 6.90. The predicted molar refractivity (Wildman–Crippen MR) is 68.7 cm³/mol. The van der Waals surface area contributed by atoms with Crippen molar-refractivity contribution < 1.29 is 19.0 Å². The fourth-order valence-corrected chi connectivity index (χ4v) is 2.96. The third-order valence-electron chi connectivity index (χ3n) is 2.49. The van der Waals surface area contributed by atoms with Gasteiger partial charge in [0.15, 0.2) is 11.9 Å². The first kappa shape index (κ1) is 13.8. The van der Waals surface area contributed by atoms with Crippen LogP contribution in [0.3, 0.4) is 0 Å². The molecule has 0 aromatic carbocycles. The first-order chi connectivity index (χ1) is 8.43. The molecule has 0 saturated carbocycles. The van der Waals surface area contributed by atoms with Crippen molar-refractivity contribution in [1.82, 2.24) is 0 Å². The molecule has 4 nitrogen and oxygen atoms in total. The molecule has 0 spiro atoms. The summed E-state index contributed by atoms with van der Waals surface area (Å²) in [6, 6.07) is 3.62. The van der Waals surface area contributed by atoms with Crippen LogP contribution in [0.25, 0.3) is 0 Å². The molecule has 2 heterocycles. The highest BCUT2D eigenvalue weighted by atomic mass is 35.5. The molecule has 0 radical (unpaired) electrons. The quantitative estimate of drug-likeness (QED) is 0.802. The van der Waals surface area contributed by atoms with Gasteiger partial charge in [0.25, 0.3) is 0 Å². The van der Waals surface area contributed by atoms with E-state index >= 15 is 0 Å². The third-order valence-corrected chi connectivity index (χ3v) is 3.78. The van der Waals surface area contributed by atoms with Crippen LogP contribution in [0, 0.1) is 0 Å². The molecule has 18 heavy (non-hydrogen) atoms. The zero-order chi connectivity index (χ0) is 13.3. The van der Waals surface area contributed by atoms with Crippen LogP contribution in [0.2, 0.25) is 4.34 Å².